The van der Waals surface area contributed by atoms with Gasteiger partial charge in [0.25, 0.3) is 0 Å². The van der Waals surface area contributed by atoms with Crippen LogP contribution in [0.25, 0.3) is 0 Å². The monoisotopic (exact) mass is 278 g/mol. The van der Waals surface area contributed by atoms with E-state index in [1.54, 1.807) is 0 Å². The molecule has 1 N–H and O–H groups in total. The molecule has 2 saturated carbocycles. The Morgan fingerprint density at radius 2 is 1.75 bits per heavy atom. The second-order valence-corrected chi connectivity index (χ2v) is 8.18. The fourth-order valence-electron chi connectivity index (χ4n) is 5.12. The highest BCUT2D eigenvalue weighted by Crippen LogP contribution is 2.38. The van der Waals surface area contributed by atoms with Gasteiger partial charge in [-0.2, -0.15) is 0 Å². The van der Waals surface area contributed by atoms with Crippen molar-refractivity contribution in [2.75, 3.05) is 13.1 Å². The van der Waals surface area contributed by atoms with Crippen LogP contribution in [0.3, 0.4) is 0 Å². The van der Waals surface area contributed by atoms with Crippen molar-refractivity contribution in [3.05, 3.63) is 0 Å². The van der Waals surface area contributed by atoms with E-state index in [0.717, 1.165) is 23.9 Å². The maximum atomic E-state index is 3.97. The lowest BCUT2D eigenvalue weighted by molar-refractivity contribution is -0.00913. The summed E-state index contributed by atoms with van der Waals surface area (Å²) in [5.74, 6) is 1.68. The van der Waals surface area contributed by atoms with E-state index < -0.39 is 0 Å². The van der Waals surface area contributed by atoms with Gasteiger partial charge in [-0.05, 0) is 37.5 Å². The number of piperazine rings is 1. The maximum Gasteiger partial charge on any atom is 0.0309 e. The molecule has 3 aliphatic rings. The highest BCUT2D eigenvalue weighted by Gasteiger charge is 2.44. The Morgan fingerprint density at radius 1 is 1.05 bits per heavy atom. The Balaban J connectivity index is 1.77. The third kappa shape index (κ3) is 2.78. The second-order valence-electron chi connectivity index (χ2n) is 8.18. The fourth-order valence-corrected chi connectivity index (χ4v) is 5.12. The van der Waals surface area contributed by atoms with E-state index >= 15 is 0 Å². The SMILES string of the molecule is CC(C)C1CNC2(CCCC2)CN1C1CCCCC1C. The van der Waals surface area contributed by atoms with E-state index in [1.807, 2.05) is 0 Å². The number of hydrogen-bond donors (Lipinski definition) is 1. The van der Waals surface area contributed by atoms with Crippen LogP contribution < -0.4 is 5.32 Å². The first-order valence-corrected chi connectivity index (χ1v) is 9.12. The van der Waals surface area contributed by atoms with Gasteiger partial charge in [0.1, 0.15) is 0 Å². The average Bonchev–Trinajstić information content (AvgIpc) is 2.87. The second kappa shape index (κ2) is 5.96. The molecule has 1 saturated heterocycles. The zero-order chi connectivity index (χ0) is 14.2. The first kappa shape index (κ1) is 14.8. The molecule has 3 unspecified atom stereocenters. The molecule has 0 aromatic heterocycles. The number of hydrogen-bond acceptors (Lipinski definition) is 2. The smallest absolute Gasteiger partial charge is 0.0309 e. The summed E-state index contributed by atoms with van der Waals surface area (Å²) in [5.41, 5.74) is 0.475. The number of nitrogens with zero attached hydrogens (tertiary/aromatic N) is 1. The Hall–Kier alpha value is -0.0800. The molecule has 1 aliphatic heterocycles. The molecule has 3 rings (SSSR count). The molecule has 0 radical (unpaired) electrons. The van der Waals surface area contributed by atoms with Crippen LogP contribution in [-0.4, -0.2) is 35.6 Å². The lowest BCUT2D eigenvalue weighted by Crippen LogP contribution is -2.67. The molecule has 3 fully saturated rings. The van der Waals surface area contributed by atoms with Gasteiger partial charge in [0.2, 0.25) is 0 Å². The summed E-state index contributed by atoms with van der Waals surface area (Å²) < 4.78 is 0. The maximum absolute atomic E-state index is 3.97. The van der Waals surface area contributed by atoms with Crippen molar-refractivity contribution in [3.63, 3.8) is 0 Å². The van der Waals surface area contributed by atoms with E-state index in [2.05, 4.69) is 31.0 Å². The van der Waals surface area contributed by atoms with E-state index in [1.165, 1.54) is 64.5 Å². The van der Waals surface area contributed by atoms with E-state index in [4.69, 9.17) is 0 Å². The highest BCUT2D eigenvalue weighted by atomic mass is 15.3. The van der Waals surface area contributed by atoms with Crippen molar-refractivity contribution in [1.29, 1.82) is 0 Å². The molecule has 0 aromatic carbocycles. The van der Waals surface area contributed by atoms with Crippen molar-refractivity contribution in [2.24, 2.45) is 11.8 Å². The van der Waals surface area contributed by atoms with Crippen LogP contribution in [0.4, 0.5) is 0 Å². The molecule has 2 nitrogen and oxygen atoms in total. The topological polar surface area (TPSA) is 15.3 Å². The number of nitrogens with one attached hydrogen (secondary N) is 1. The first-order valence-electron chi connectivity index (χ1n) is 9.12. The molecule has 20 heavy (non-hydrogen) atoms. The summed E-state index contributed by atoms with van der Waals surface area (Å²) in [4.78, 5) is 2.95. The van der Waals surface area contributed by atoms with Crippen molar-refractivity contribution >= 4 is 0 Å². The van der Waals surface area contributed by atoms with Gasteiger partial charge in [-0.25, -0.2) is 0 Å². The van der Waals surface area contributed by atoms with Crippen LogP contribution in [0.5, 0.6) is 0 Å². The van der Waals surface area contributed by atoms with Crippen molar-refractivity contribution in [1.82, 2.24) is 10.2 Å². The van der Waals surface area contributed by atoms with Gasteiger partial charge >= 0.3 is 0 Å². The molecule has 116 valence electrons. The summed E-state index contributed by atoms with van der Waals surface area (Å²) in [7, 11) is 0. The van der Waals surface area contributed by atoms with Crippen LogP contribution in [0.15, 0.2) is 0 Å². The summed E-state index contributed by atoms with van der Waals surface area (Å²) in [5, 5.41) is 3.97. The van der Waals surface area contributed by atoms with Crippen LogP contribution in [0.1, 0.15) is 72.1 Å². The lowest BCUT2D eigenvalue weighted by atomic mass is 9.80. The molecule has 2 heteroatoms. The highest BCUT2D eigenvalue weighted by molar-refractivity contribution is 5.03. The number of rotatable bonds is 2. The van der Waals surface area contributed by atoms with Crippen molar-refractivity contribution < 1.29 is 0 Å². The van der Waals surface area contributed by atoms with Crippen LogP contribution in [-0.2, 0) is 0 Å². The third-order valence-corrected chi connectivity index (χ3v) is 6.42. The molecular weight excluding hydrogens is 244 g/mol. The fraction of sp³-hybridized carbons (Fsp3) is 1.00. The minimum atomic E-state index is 0.475. The molecular formula is C18H34N2. The van der Waals surface area contributed by atoms with Gasteiger partial charge in [-0.1, -0.05) is 46.5 Å². The molecule has 0 aromatic rings. The summed E-state index contributed by atoms with van der Waals surface area (Å²) in [6, 6.07) is 1.61. The quantitative estimate of drug-likeness (QED) is 0.826. The molecule has 0 bridgehead atoms. The first-order chi connectivity index (χ1) is 9.61. The van der Waals surface area contributed by atoms with Gasteiger partial charge < -0.3 is 5.32 Å². The Kier molecular flexibility index (Phi) is 4.42. The van der Waals surface area contributed by atoms with Gasteiger partial charge in [0.15, 0.2) is 0 Å². The third-order valence-electron chi connectivity index (χ3n) is 6.42. The molecule has 2 aliphatic carbocycles. The zero-order valence-corrected chi connectivity index (χ0v) is 13.8. The van der Waals surface area contributed by atoms with Crippen LogP contribution in [0.2, 0.25) is 0 Å². The van der Waals surface area contributed by atoms with E-state index in [9.17, 15) is 0 Å². The summed E-state index contributed by atoms with van der Waals surface area (Å²) >= 11 is 0. The Morgan fingerprint density at radius 3 is 2.40 bits per heavy atom. The molecule has 1 heterocycles. The van der Waals surface area contributed by atoms with Crippen molar-refractivity contribution in [3.8, 4) is 0 Å². The predicted octanol–water partition coefficient (Wildman–Crippen LogP) is 3.81. The van der Waals surface area contributed by atoms with Crippen LogP contribution in [0, 0.1) is 11.8 Å². The van der Waals surface area contributed by atoms with Gasteiger partial charge in [-0.3, -0.25) is 4.90 Å². The lowest BCUT2D eigenvalue weighted by Gasteiger charge is -2.53. The minimum Gasteiger partial charge on any atom is -0.308 e. The normalized spacial score (nSPS) is 38.7. The van der Waals surface area contributed by atoms with Crippen LogP contribution >= 0.6 is 0 Å². The Bertz CT molecular complexity index is 319. The van der Waals surface area contributed by atoms with E-state index in [-0.39, 0.29) is 0 Å². The van der Waals surface area contributed by atoms with Crippen molar-refractivity contribution in [2.45, 2.75) is 89.8 Å². The molecule has 0 amide bonds. The van der Waals surface area contributed by atoms with E-state index in [0.29, 0.717) is 5.54 Å². The van der Waals surface area contributed by atoms with Gasteiger partial charge in [-0.15, -0.1) is 0 Å². The Labute approximate surface area is 125 Å². The zero-order valence-electron chi connectivity index (χ0n) is 13.8. The average molecular weight is 278 g/mol. The van der Waals surface area contributed by atoms with Gasteiger partial charge in [0, 0.05) is 30.7 Å². The summed E-state index contributed by atoms with van der Waals surface area (Å²) in [6.45, 7) is 9.88. The van der Waals surface area contributed by atoms with Gasteiger partial charge in [0.05, 0.1) is 0 Å². The standard InChI is InChI=1S/C18H34N2/c1-14(2)17-12-19-18(10-6-7-11-18)13-20(17)16-9-5-4-8-15(16)3/h14-17,19H,4-13H2,1-3H3. The molecule has 3 atom stereocenters. The minimum absolute atomic E-state index is 0.475. The largest absolute Gasteiger partial charge is 0.308 e. The molecule has 1 spiro atoms. The summed E-state index contributed by atoms with van der Waals surface area (Å²) in [6.07, 6.45) is 11.5. The predicted molar refractivity (Wildman–Crippen MR) is 86.0 cm³/mol.